The lowest BCUT2D eigenvalue weighted by atomic mass is 10.1. The van der Waals surface area contributed by atoms with E-state index in [-0.39, 0.29) is 23.4 Å². The van der Waals surface area contributed by atoms with E-state index in [1.54, 1.807) is 0 Å². The third kappa shape index (κ3) is 5.29. The molecule has 4 aromatic rings. The second-order valence-electron chi connectivity index (χ2n) is 9.73. The van der Waals surface area contributed by atoms with E-state index in [0.29, 0.717) is 11.2 Å². The highest BCUT2D eigenvalue weighted by Gasteiger charge is 2.51. The van der Waals surface area contributed by atoms with Crippen molar-refractivity contribution >= 4 is 54.5 Å². The Morgan fingerprint density at radius 2 is 1.77 bits per heavy atom. The number of phosphoric acid groups is 1. The van der Waals surface area contributed by atoms with Crippen LogP contribution in [0, 0.1) is 0 Å². The molecule has 4 aromatic heterocycles. The number of phosphoric ester groups is 1. The number of nitrogen functional groups attached to an aromatic ring is 1. The van der Waals surface area contributed by atoms with E-state index in [4.69, 9.17) is 45.1 Å². The number of ether oxygens (including phenoxy) is 2. The summed E-state index contributed by atoms with van der Waals surface area (Å²) in [6, 6.07) is 0. The minimum atomic E-state index is -5.20. The second kappa shape index (κ2) is 10.7. The number of hydrogen-bond donors (Lipinski definition) is 3. The predicted molar refractivity (Wildman–Crippen MR) is 141 cm³/mol. The third-order valence-electron chi connectivity index (χ3n) is 7.10. The Bertz CT molecular complexity index is 1860. The van der Waals surface area contributed by atoms with Crippen molar-refractivity contribution in [2.45, 2.75) is 49.5 Å². The first kappa shape index (κ1) is 28.9. The van der Waals surface area contributed by atoms with Crippen molar-refractivity contribution in [3.05, 3.63) is 35.7 Å². The molecule has 3 aliphatic heterocycles. The molecule has 0 aliphatic carbocycles. The molecule has 0 aromatic carbocycles. The van der Waals surface area contributed by atoms with Crippen molar-refractivity contribution in [2.75, 3.05) is 18.9 Å². The molecule has 3 fully saturated rings. The average molecular weight is 660 g/mol. The van der Waals surface area contributed by atoms with Gasteiger partial charge >= 0.3 is 6.72 Å². The van der Waals surface area contributed by atoms with Crippen LogP contribution >= 0.6 is 14.5 Å². The minimum absolute atomic E-state index is 0.0221. The number of imidazole rings is 2. The van der Waals surface area contributed by atoms with E-state index in [2.05, 4.69) is 29.9 Å². The zero-order chi connectivity index (χ0) is 30.1. The molecule has 3 saturated heterocycles. The molecule has 3 aliphatic rings. The van der Waals surface area contributed by atoms with Crippen LogP contribution < -0.4 is 16.2 Å². The van der Waals surface area contributed by atoms with Gasteiger partial charge in [0.2, 0.25) is 0 Å². The lowest BCUT2D eigenvalue weighted by Crippen LogP contribution is -2.37. The number of hydrogen-bond acceptors (Lipinski definition) is 16. The summed E-state index contributed by atoms with van der Waals surface area (Å²) in [4.78, 5) is 58.4. The van der Waals surface area contributed by atoms with Crippen LogP contribution in [0.4, 0.5) is 10.2 Å². The van der Waals surface area contributed by atoms with Gasteiger partial charge in [-0.05, 0) is 11.8 Å². The average Bonchev–Trinajstić information content (AvgIpc) is 3.72. The van der Waals surface area contributed by atoms with E-state index >= 15 is 4.39 Å². The van der Waals surface area contributed by atoms with E-state index in [1.165, 1.54) is 17.2 Å². The number of anilines is 1. The summed E-state index contributed by atoms with van der Waals surface area (Å²) in [5, 5.41) is 0. The van der Waals surface area contributed by atoms with E-state index in [1.807, 2.05) is 0 Å². The molecule has 7 rings (SSSR count). The highest BCUT2D eigenvalue weighted by atomic mass is 32.5. The van der Waals surface area contributed by atoms with Gasteiger partial charge in [0.15, 0.2) is 35.0 Å². The maximum atomic E-state index is 15.8. The van der Waals surface area contributed by atoms with Gasteiger partial charge in [-0.2, -0.15) is 0 Å². The maximum Gasteiger partial charge on any atom is 0.324 e. The van der Waals surface area contributed by atoms with Gasteiger partial charge in [-0.1, -0.05) is 0 Å². The van der Waals surface area contributed by atoms with Gasteiger partial charge < -0.3 is 48.1 Å². The highest BCUT2D eigenvalue weighted by molar-refractivity contribution is 8.07. The van der Waals surface area contributed by atoms with Crippen LogP contribution in [-0.4, -0.2) is 87.7 Å². The van der Waals surface area contributed by atoms with Crippen LogP contribution in [0.5, 0.6) is 0 Å². The van der Waals surface area contributed by atoms with Gasteiger partial charge in [-0.15, -0.1) is 0 Å². The Hall–Kier alpha value is -2.81. The molecular weight excluding hydrogens is 639 g/mol. The fourth-order valence-electron chi connectivity index (χ4n) is 5.15. The predicted octanol–water partition coefficient (Wildman–Crippen LogP) is -0.433. The van der Waals surface area contributed by atoms with Gasteiger partial charge in [-0.3, -0.25) is 18.5 Å². The number of rotatable bonds is 2. The molecule has 230 valence electrons. The maximum absolute atomic E-state index is 15.8. The van der Waals surface area contributed by atoms with Gasteiger partial charge in [-0.25, -0.2) is 29.3 Å². The first-order valence-electron chi connectivity index (χ1n) is 12.6. The number of nitrogens with zero attached hydrogens (tertiary/aromatic N) is 7. The second-order valence-corrected chi connectivity index (χ2v) is 13.9. The van der Waals surface area contributed by atoms with Crippen LogP contribution in [0.3, 0.4) is 0 Å². The normalized spacial score (nSPS) is 37.1. The number of nitrogens with two attached hydrogens (primary N) is 1. The summed E-state index contributed by atoms with van der Waals surface area (Å²) in [7, 11) is -5.20. The quantitative estimate of drug-likeness (QED) is 0.231. The van der Waals surface area contributed by atoms with E-state index in [9.17, 15) is 19.1 Å². The van der Waals surface area contributed by atoms with Crippen molar-refractivity contribution in [1.82, 2.24) is 39.0 Å². The molecule has 4 N–H and O–H groups in total. The first-order valence-corrected chi connectivity index (χ1v) is 16.6. The number of fused-ring (bicyclic) bond motifs is 4. The summed E-state index contributed by atoms with van der Waals surface area (Å²) in [6.45, 7) is -5.31. The number of aromatic nitrogens is 8. The van der Waals surface area contributed by atoms with Gasteiger partial charge in [0, 0.05) is 6.42 Å². The van der Waals surface area contributed by atoms with E-state index < -0.39 is 76.4 Å². The molecule has 43 heavy (non-hydrogen) atoms. The molecule has 0 saturated carbocycles. The Kier molecular flexibility index (Phi) is 7.18. The Morgan fingerprint density at radius 1 is 1.02 bits per heavy atom. The smallest absolute Gasteiger partial charge is 0.324 e. The van der Waals surface area contributed by atoms with Crippen molar-refractivity contribution in [2.24, 2.45) is 0 Å². The summed E-state index contributed by atoms with van der Waals surface area (Å²) in [5.41, 5.74) is 5.83. The zero-order valence-corrected chi connectivity index (χ0v) is 24.1. The number of H-pyrrole nitrogens is 1. The number of alkyl halides is 1. The van der Waals surface area contributed by atoms with Crippen LogP contribution in [0.1, 0.15) is 18.9 Å². The zero-order valence-electron chi connectivity index (χ0n) is 21.5. The minimum Gasteiger partial charge on any atom is -0.756 e. The topological polar surface area (TPSA) is 249 Å². The van der Waals surface area contributed by atoms with Crippen molar-refractivity contribution in [1.29, 1.82) is 0 Å². The molecule has 23 heteroatoms. The fraction of sp³-hybridized carbons (Fsp3) is 0.500. The molecule has 0 amide bonds. The molecule has 0 spiro atoms. The van der Waals surface area contributed by atoms with Crippen LogP contribution in [0.15, 0.2) is 30.1 Å². The summed E-state index contributed by atoms with van der Waals surface area (Å²) >= 11 is 5.20. The van der Waals surface area contributed by atoms with Crippen LogP contribution in [-0.2, 0) is 43.9 Å². The molecule has 0 bridgehead atoms. The molecule has 2 unspecified atom stereocenters. The van der Waals surface area contributed by atoms with Crippen molar-refractivity contribution in [3.8, 4) is 0 Å². The molecular formula is C20H21FN9O10P2S-. The van der Waals surface area contributed by atoms with Gasteiger partial charge in [0.05, 0.1) is 38.3 Å². The van der Waals surface area contributed by atoms with Crippen LogP contribution in [0.2, 0.25) is 0 Å². The monoisotopic (exact) mass is 660 g/mol. The van der Waals surface area contributed by atoms with Crippen LogP contribution in [0.25, 0.3) is 22.3 Å². The Labute approximate surface area is 244 Å². The summed E-state index contributed by atoms with van der Waals surface area (Å²) < 4.78 is 64.5. The molecule has 19 nitrogen and oxygen atoms in total. The Morgan fingerprint density at radius 3 is 2.60 bits per heavy atom. The first-order chi connectivity index (χ1) is 20.5. The summed E-state index contributed by atoms with van der Waals surface area (Å²) in [6.07, 6.45) is -4.93. The standard InChI is InChI=1S/C20H22FN9O10P2S/c21-12-15-10(38-20(12)30-7-28-14-18(30)25-5-26-19(14)31)3-36-42(34,43)39-8-1-11(37-9(8)2-35-41(32,33)40-15)29-6-27-13-16(22)23-4-24-17(13)29/h4-12,15,20H,1-3H2,(H,32,33)(H,34,43)(H2,22,23,24)(H,25,26,31)/p-1/t8-,9+,10+,11+,12+,15+,20+,42?/m0/s1. The van der Waals surface area contributed by atoms with E-state index in [0.717, 1.165) is 17.2 Å². The van der Waals surface area contributed by atoms with Crippen molar-refractivity contribution in [3.63, 3.8) is 0 Å². The Balaban J connectivity index is 1.15. The summed E-state index contributed by atoms with van der Waals surface area (Å²) in [5.74, 6) is 0.142. The molecule has 9 atom stereocenters. The molecule has 0 radical (unpaired) electrons. The lowest BCUT2D eigenvalue weighted by Gasteiger charge is -2.32. The molecule has 7 heterocycles. The largest absolute Gasteiger partial charge is 0.756 e. The number of nitrogens with one attached hydrogen (secondary N) is 1. The lowest BCUT2D eigenvalue weighted by molar-refractivity contribution is -0.235. The number of aromatic amines is 1. The van der Waals surface area contributed by atoms with Gasteiger partial charge in [0.1, 0.15) is 36.4 Å². The number of halogens is 1. The SMILES string of the molecule is Nc1ncnc2c1ncn2[C@H]1C[C@@H]2OP(O)(=S)OC[C@H]3O[C@@H](n4cnc5c(=O)[nH]cnc54)[C@H](F)[C@@H]3OP(=O)([O-])OC[C@H]2O1. The van der Waals surface area contributed by atoms with Crippen molar-refractivity contribution < 1.29 is 46.3 Å². The fourth-order valence-corrected chi connectivity index (χ4v) is 7.57. The third-order valence-corrected chi connectivity index (χ3v) is 9.66. The van der Waals surface area contributed by atoms with Gasteiger partial charge in [0.25, 0.3) is 13.4 Å². The highest BCUT2D eigenvalue weighted by Crippen LogP contribution is 2.53.